The summed E-state index contributed by atoms with van der Waals surface area (Å²) >= 11 is 2.65. The van der Waals surface area contributed by atoms with Gasteiger partial charge in [0, 0.05) is 0 Å². The molecule has 0 heterocycles. The van der Waals surface area contributed by atoms with E-state index in [1.165, 1.54) is 0 Å². The Morgan fingerprint density at radius 2 is 0.667 bits per heavy atom. The Kier molecular flexibility index (Phi) is 593. The predicted octanol–water partition coefficient (Wildman–Crippen LogP) is -8.35. The van der Waals surface area contributed by atoms with Crippen molar-refractivity contribution in [1.29, 1.82) is 0 Å². The predicted molar refractivity (Wildman–Crippen MR) is 60.2 cm³/mol. The fourth-order valence-corrected chi connectivity index (χ4v) is 0. The van der Waals surface area contributed by atoms with E-state index in [1.54, 1.807) is 0 Å². The van der Waals surface area contributed by atoms with Gasteiger partial charge in [0.15, 0.2) is 0 Å². The first-order valence-electron chi connectivity index (χ1n) is 0.698. The average Bonchev–Trinajstić information content (AvgIpc) is 0.722. The van der Waals surface area contributed by atoms with Crippen molar-refractivity contribution in [2.75, 3.05) is 0 Å². The SMILES string of the molecule is O.O.O.O.O.O.O.O.O.O=S(=O)(O)S.[NaH]. The zero-order valence-electron chi connectivity index (χ0n) is 6.62. The molecule has 0 spiro atoms. The van der Waals surface area contributed by atoms with Crippen LogP contribution in [0.15, 0.2) is 0 Å². The molecule has 0 aliphatic carbocycles. The van der Waals surface area contributed by atoms with Crippen molar-refractivity contribution in [3.63, 3.8) is 0 Å². The Morgan fingerprint density at radius 1 is 0.667 bits per heavy atom. The fourth-order valence-electron chi connectivity index (χ4n) is 0. The summed E-state index contributed by atoms with van der Waals surface area (Å²) in [5.41, 5.74) is 0. The summed E-state index contributed by atoms with van der Waals surface area (Å²) in [5, 5.41) is 0. The first kappa shape index (κ1) is 147. The number of hydrogen-bond acceptors (Lipinski definition) is 2. The molecule has 15 heteroatoms. The van der Waals surface area contributed by atoms with Gasteiger partial charge in [-0.2, -0.15) is 8.42 Å². The maximum atomic E-state index is 9.05. The van der Waals surface area contributed by atoms with Crippen LogP contribution in [0.1, 0.15) is 0 Å². The summed E-state index contributed by atoms with van der Waals surface area (Å²) in [4.78, 5) is 0. The molecule has 0 aromatic heterocycles. The molecule has 0 bridgehead atoms. The molecular formula is H21NaO12S2. The molecule has 0 aliphatic rings. The van der Waals surface area contributed by atoms with Crippen LogP contribution in [-0.4, -0.2) is 91.8 Å². The van der Waals surface area contributed by atoms with E-state index in [0.717, 1.165) is 0 Å². The van der Waals surface area contributed by atoms with Gasteiger partial charge in [-0.05, 0) is 11.7 Å². The minimum absolute atomic E-state index is 0. The van der Waals surface area contributed by atoms with Crippen LogP contribution < -0.4 is 0 Å². The van der Waals surface area contributed by atoms with Gasteiger partial charge in [0.1, 0.15) is 0 Å². The zero-order chi connectivity index (χ0) is 4.50. The molecule has 0 saturated carbocycles. The van der Waals surface area contributed by atoms with Gasteiger partial charge in [-0.15, -0.1) is 0 Å². The van der Waals surface area contributed by atoms with Crippen molar-refractivity contribution < 1.29 is 62.3 Å². The molecule has 106 valence electrons. The van der Waals surface area contributed by atoms with Gasteiger partial charge >= 0.3 is 38.7 Å². The third-order valence-corrected chi connectivity index (χ3v) is 0. The van der Waals surface area contributed by atoms with Crippen LogP contribution in [0.2, 0.25) is 0 Å². The van der Waals surface area contributed by atoms with E-state index in [1.807, 2.05) is 0 Å². The third-order valence-electron chi connectivity index (χ3n) is 0. The van der Waals surface area contributed by atoms with Crippen molar-refractivity contribution in [3.05, 3.63) is 0 Å². The first-order chi connectivity index (χ1) is 2.00. The molecule has 12 nitrogen and oxygen atoms in total. The van der Waals surface area contributed by atoms with E-state index in [4.69, 9.17) is 13.0 Å². The van der Waals surface area contributed by atoms with Crippen LogP contribution in [-0.2, 0) is 9.15 Å². The molecule has 0 unspecified atom stereocenters. The van der Waals surface area contributed by atoms with E-state index in [9.17, 15) is 0 Å². The van der Waals surface area contributed by atoms with Crippen molar-refractivity contribution in [2.45, 2.75) is 0 Å². The second kappa shape index (κ2) is 60.5. The molecular weight excluding hydrogens is 279 g/mol. The zero-order valence-corrected chi connectivity index (χ0v) is 8.33. The second-order valence-corrected chi connectivity index (χ2v) is 2.73. The number of rotatable bonds is 0. The van der Waals surface area contributed by atoms with E-state index >= 15 is 0 Å². The van der Waals surface area contributed by atoms with Crippen molar-refractivity contribution in [3.8, 4) is 0 Å². The van der Waals surface area contributed by atoms with Crippen molar-refractivity contribution >= 4 is 50.4 Å². The van der Waals surface area contributed by atoms with Crippen LogP contribution in [0.25, 0.3) is 0 Å². The van der Waals surface area contributed by atoms with Gasteiger partial charge in [-0.1, -0.05) is 0 Å². The van der Waals surface area contributed by atoms with Gasteiger partial charge in [-0.3, -0.25) is 4.55 Å². The molecule has 0 atom stereocenters. The van der Waals surface area contributed by atoms with Crippen LogP contribution in [0, 0.1) is 0 Å². The van der Waals surface area contributed by atoms with E-state index in [-0.39, 0.29) is 78.8 Å². The van der Waals surface area contributed by atoms with Crippen LogP contribution in [0.3, 0.4) is 0 Å². The molecule has 0 amide bonds. The van der Waals surface area contributed by atoms with Gasteiger partial charge in [-0.25, -0.2) is 0 Å². The monoisotopic (exact) mass is 300 g/mol. The van der Waals surface area contributed by atoms with Crippen LogP contribution >= 0.6 is 11.7 Å². The molecule has 0 fully saturated rings. The van der Waals surface area contributed by atoms with E-state index in [0.29, 0.717) is 0 Å². The summed E-state index contributed by atoms with van der Waals surface area (Å²) in [6, 6.07) is 0. The summed E-state index contributed by atoms with van der Waals surface area (Å²) in [6.45, 7) is 0. The quantitative estimate of drug-likeness (QED) is 0.190. The van der Waals surface area contributed by atoms with Crippen LogP contribution in [0.4, 0.5) is 0 Å². The fraction of sp³-hybridized carbons (Fsp3) is 0. The third kappa shape index (κ3) is 3060. The minimum atomic E-state index is -3.97. The normalized spacial score (nSPS) is 3.87. The Hall–Kier alpha value is 0.900. The second-order valence-electron chi connectivity index (χ2n) is 0.448. The molecule has 0 aliphatic heterocycles. The van der Waals surface area contributed by atoms with Crippen LogP contribution in [0.5, 0.6) is 0 Å². The number of hydrogen-bond donors (Lipinski definition) is 2. The Morgan fingerprint density at radius 3 is 0.667 bits per heavy atom. The number of thiol groups is 1. The maximum absolute atomic E-state index is 9.05. The van der Waals surface area contributed by atoms with Gasteiger partial charge < -0.3 is 49.3 Å². The van der Waals surface area contributed by atoms with Gasteiger partial charge in [0.2, 0.25) is 0 Å². The van der Waals surface area contributed by atoms with Gasteiger partial charge in [0.05, 0.1) is 0 Å². The Labute approximate surface area is 112 Å². The van der Waals surface area contributed by atoms with Crippen molar-refractivity contribution in [2.24, 2.45) is 0 Å². The summed E-state index contributed by atoms with van der Waals surface area (Å²) in [7, 11) is -3.97. The average molecular weight is 300 g/mol. The summed E-state index contributed by atoms with van der Waals surface area (Å²) in [6.07, 6.45) is 0. The Bertz CT molecular complexity index is 96.8. The summed E-state index contributed by atoms with van der Waals surface area (Å²) in [5.74, 6) is 0. The van der Waals surface area contributed by atoms with Gasteiger partial charge in [0.25, 0.3) is 0 Å². The molecule has 0 saturated heterocycles. The van der Waals surface area contributed by atoms with Crippen molar-refractivity contribution in [1.82, 2.24) is 0 Å². The molecule has 0 aromatic rings. The topological polar surface area (TPSA) is 338 Å². The molecule has 0 aromatic carbocycles. The Balaban J connectivity index is -0.00000000178. The standard InChI is InChI=1S/Na.H2O3S2.9H2O.H/c;1-5(2,3)4;;;;;;;;;;/h;(H2,1,2,3,4);9*1H2;. The van der Waals surface area contributed by atoms with E-state index < -0.39 is 9.15 Å². The molecule has 0 radical (unpaired) electrons. The first-order valence-corrected chi connectivity index (χ1v) is 3.19. The summed E-state index contributed by atoms with van der Waals surface area (Å²) < 4.78 is 25.5. The molecule has 19 N–H and O–H groups in total. The molecule has 15 heavy (non-hydrogen) atoms. The van der Waals surface area contributed by atoms with E-state index in [2.05, 4.69) is 11.7 Å². The molecule has 0 rings (SSSR count).